The normalized spacial score (nSPS) is 12.6. The molecule has 0 aliphatic rings. The van der Waals surface area contributed by atoms with E-state index in [0.29, 0.717) is 13.2 Å². The fraction of sp³-hybridized carbons (Fsp3) is 0.438. The van der Waals surface area contributed by atoms with Gasteiger partial charge in [0, 0.05) is 18.5 Å². The topological polar surface area (TPSA) is 45.6 Å². The van der Waals surface area contributed by atoms with Crippen LogP contribution in [0.15, 0.2) is 29.6 Å². The van der Waals surface area contributed by atoms with E-state index in [4.69, 9.17) is 4.74 Å². The van der Waals surface area contributed by atoms with Gasteiger partial charge < -0.3 is 9.84 Å². The summed E-state index contributed by atoms with van der Waals surface area (Å²) < 4.78 is 5.66. The molecule has 21 heavy (non-hydrogen) atoms. The Morgan fingerprint density at radius 2 is 2.10 bits per heavy atom. The molecule has 0 aliphatic carbocycles. The molecular weight excluding hydrogens is 284 g/mol. The van der Waals surface area contributed by atoms with Crippen molar-refractivity contribution >= 4 is 11.3 Å². The minimum Gasteiger partial charge on any atom is -0.491 e. The van der Waals surface area contributed by atoms with Gasteiger partial charge in [0.15, 0.2) is 0 Å². The van der Waals surface area contributed by atoms with Crippen molar-refractivity contribution in [1.82, 2.24) is 9.88 Å². The van der Waals surface area contributed by atoms with Crippen LogP contribution >= 0.6 is 11.3 Å². The molecule has 114 valence electrons. The summed E-state index contributed by atoms with van der Waals surface area (Å²) in [4.78, 5) is 6.48. The Morgan fingerprint density at radius 3 is 2.76 bits per heavy atom. The van der Waals surface area contributed by atoms with Crippen LogP contribution in [0.1, 0.15) is 16.3 Å². The highest BCUT2D eigenvalue weighted by Crippen LogP contribution is 2.16. The van der Waals surface area contributed by atoms with Crippen LogP contribution in [-0.4, -0.2) is 41.3 Å². The van der Waals surface area contributed by atoms with Gasteiger partial charge in [0.25, 0.3) is 0 Å². The van der Waals surface area contributed by atoms with E-state index < -0.39 is 6.10 Å². The van der Waals surface area contributed by atoms with Gasteiger partial charge in [-0.15, -0.1) is 11.3 Å². The molecule has 0 fully saturated rings. The van der Waals surface area contributed by atoms with Gasteiger partial charge in [0.1, 0.15) is 18.5 Å². The fourth-order valence-electron chi connectivity index (χ4n) is 2.14. The molecule has 0 amide bonds. The van der Waals surface area contributed by atoms with E-state index in [1.165, 1.54) is 0 Å². The van der Waals surface area contributed by atoms with Crippen molar-refractivity contribution in [3.05, 3.63) is 45.9 Å². The molecule has 5 heteroatoms. The van der Waals surface area contributed by atoms with Gasteiger partial charge in [0.2, 0.25) is 0 Å². The fourth-order valence-corrected chi connectivity index (χ4v) is 2.74. The third-order valence-electron chi connectivity index (χ3n) is 3.15. The molecule has 4 nitrogen and oxygen atoms in total. The molecule has 1 aromatic carbocycles. The number of thiazole rings is 1. The summed E-state index contributed by atoms with van der Waals surface area (Å²) in [5, 5.41) is 13.2. The lowest BCUT2D eigenvalue weighted by Gasteiger charge is -2.20. The van der Waals surface area contributed by atoms with E-state index in [1.807, 2.05) is 45.2 Å². The smallest absolute Gasteiger partial charge is 0.122 e. The van der Waals surface area contributed by atoms with E-state index in [0.717, 1.165) is 28.6 Å². The summed E-state index contributed by atoms with van der Waals surface area (Å²) in [6.45, 7) is 5.59. The first kappa shape index (κ1) is 15.9. The Labute approximate surface area is 130 Å². The van der Waals surface area contributed by atoms with Crippen molar-refractivity contribution in [2.45, 2.75) is 26.5 Å². The van der Waals surface area contributed by atoms with Crippen molar-refractivity contribution in [3.63, 3.8) is 0 Å². The van der Waals surface area contributed by atoms with Crippen molar-refractivity contribution in [1.29, 1.82) is 0 Å². The number of para-hydroxylation sites is 1. The number of hydrogen-bond acceptors (Lipinski definition) is 5. The van der Waals surface area contributed by atoms with Crippen LogP contribution in [0, 0.1) is 13.8 Å². The first-order valence-electron chi connectivity index (χ1n) is 7.00. The second-order valence-corrected chi connectivity index (χ2v) is 6.35. The van der Waals surface area contributed by atoms with Gasteiger partial charge >= 0.3 is 0 Å². The average molecular weight is 306 g/mol. The highest BCUT2D eigenvalue weighted by Gasteiger charge is 2.11. The summed E-state index contributed by atoms with van der Waals surface area (Å²) in [7, 11) is 1.98. The van der Waals surface area contributed by atoms with Crippen LogP contribution in [0.25, 0.3) is 0 Å². The van der Waals surface area contributed by atoms with Gasteiger partial charge in [-0.1, -0.05) is 18.2 Å². The Balaban J connectivity index is 1.76. The summed E-state index contributed by atoms with van der Waals surface area (Å²) in [6.07, 6.45) is -0.519. The predicted octanol–water partition coefficient (Wildman–Crippen LogP) is 2.63. The number of aliphatic hydroxyl groups is 1. The molecule has 0 aliphatic heterocycles. The van der Waals surface area contributed by atoms with Crippen molar-refractivity contribution < 1.29 is 9.84 Å². The Hall–Kier alpha value is -1.43. The molecule has 0 saturated heterocycles. The summed E-state index contributed by atoms with van der Waals surface area (Å²) >= 11 is 1.65. The minimum atomic E-state index is -0.519. The van der Waals surface area contributed by atoms with Crippen LogP contribution < -0.4 is 4.74 Å². The Bertz CT molecular complexity index is 571. The molecule has 0 bridgehead atoms. The first-order chi connectivity index (χ1) is 10.0. The molecule has 2 rings (SSSR count). The maximum absolute atomic E-state index is 10.1. The standard InChI is InChI=1S/C16H22N2O2S/c1-12-6-4-5-7-16(12)20-10-15(19)9-18(3)8-14-11-21-13(2)17-14/h4-7,11,15,19H,8-10H2,1-3H3. The van der Waals surface area contributed by atoms with Crippen LogP contribution in [-0.2, 0) is 6.54 Å². The third-order valence-corrected chi connectivity index (χ3v) is 3.97. The molecule has 1 atom stereocenters. The molecule has 1 unspecified atom stereocenters. The predicted molar refractivity (Wildman–Crippen MR) is 85.9 cm³/mol. The summed E-state index contributed by atoms with van der Waals surface area (Å²) in [5.41, 5.74) is 2.13. The Kier molecular flexibility index (Phi) is 5.73. The lowest BCUT2D eigenvalue weighted by Crippen LogP contribution is -2.32. The lowest BCUT2D eigenvalue weighted by molar-refractivity contribution is 0.0738. The zero-order chi connectivity index (χ0) is 15.2. The Morgan fingerprint density at radius 1 is 1.33 bits per heavy atom. The number of aryl methyl sites for hydroxylation is 2. The molecule has 1 heterocycles. The molecule has 1 aromatic heterocycles. The minimum absolute atomic E-state index is 0.297. The van der Waals surface area contributed by atoms with Gasteiger partial charge in [-0.05, 0) is 32.5 Å². The van der Waals surface area contributed by atoms with E-state index in [1.54, 1.807) is 11.3 Å². The maximum Gasteiger partial charge on any atom is 0.122 e. The number of hydrogen-bond donors (Lipinski definition) is 1. The van der Waals surface area contributed by atoms with Crippen LogP contribution in [0.3, 0.4) is 0 Å². The largest absolute Gasteiger partial charge is 0.491 e. The van der Waals surface area contributed by atoms with E-state index in [9.17, 15) is 5.11 Å². The molecular formula is C16H22N2O2S. The second kappa shape index (κ2) is 7.54. The quantitative estimate of drug-likeness (QED) is 0.854. The highest BCUT2D eigenvalue weighted by molar-refractivity contribution is 7.09. The number of nitrogens with zero attached hydrogens (tertiary/aromatic N) is 2. The molecule has 1 N–H and O–H groups in total. The second-order valence-electron chi connectivity index (χ2n) is 5.28. The van der Waals surface area contributed by atoms with E-state index in [2.05, 4.69) is 15.3 Å². The number of aromatic nitrogens is 1. The number of rotatable bonds is 7. The van der Waals surface area contributed by atoms with Gasteiger partial charge in [-0.25, -0.2) is 4.98 Å². The zero-order valence-corrected chi connectivity index (χ0v) is 13.6. The van der Waals surface area contributed by atoms with Crippen LogP contribution in [0.4, 0.5) is 0 Å². The van der Waals surface area contributed by atoms with Gasteiger partial charge in [0.05, 0.1) is 10.7 Å². The van der Waals surface area contributed by atoms with E-state index in [-0.39, 0.29) is 0 Å². The van der Waals surface area contributed by atoms with Crippen molar-refractivity contribution in [2.24, 2.45) is 0 Å². The molecule has 0 spiro atoms. The summed E-state index contributed by atoms with van der Waals surface area (Å²) in [5.74, 6) is 0.828. The van der Waals surface area contributed by atoms with Gasteiger partial charge in [-0.2, -0.15) is 0 Å². The number of benzene rings is 1. The van der Waals surface area contributed by atoms with E-state index >= 15 is 0 Å². The first-order valence-corrected chi connectivity index (χ1v) is 7.88. The van der Waals surface area contributed by atoms with Crippen LogP contribution in [0.2, 0.25) is 0 Å². The number of ether oxygens (including phenoxy) is 1. The summed E-state index contributed by atoms with van der Waals surface area (Å²) in [6, 6.07) is 7.83. The molecule has 0 radical (unpaired) electrons. The zero-order valence-electron chi connectivity index (χ0n) is 12.7. The number of likely N-dealkylation sites (N-methyl/N-ethyl adjacent to an activating group) is 1. The SMILES string of the molecule is Cc1nc(CN(C)CC(O)COc2ccccc2C)cs1. The molecule has 0 saturated carbocycles. The van der Waals surface area contributed by atoms with Crippen LogP contribution in [0.5, 0.6) is 5.75 Å². The molecule has 2 aromatic rings. The average Bonchev–Trinajstić information content (AvgIpc) is 2.83. The van der Waals surface area contributed by atoms with Crippen molar-refractivity contribution in [3.8, 4) is 5.75 Å². The highest BCUT2D eigenvalue weighted by atomic mass is 32.1. The van der Waals surface area contributed by atoms with Crippen molar-refractivity contribution in [2.75, 3.05) is 20.2 Å². The van der Waals surface area contributed by atoms with Gasteiger partial charge in [-0.3, -0.25) is 4.90 Å². The number of aliphatic hydroxyl groups excluding tert-OH is 1. The maximum atomic E-state index is 10.1. The monoisotopic (exact) mass is 306 g/mol. The lowest BCUT2D eigenvalue weighted by atomic mass is 10.2. The third kappa shape index (κ3) is 5.12.